The third kappa shape index (κ3) is 2.68. The second-order valence-electron chi connectivity index (χ2n) is 6.24. The van der Waals surface area contributed by atoms with Crippen molar-refractivity contribution >= 4 is 11.7 Å². The molecule has 0 bridgehead atoms. The van der Waals surface area contributed by atoms with E-state index in [0.29, 0.717) is 6.04 Å². The van der Waals surface area contributed by atoms with Crippen LogP contribution in [0.2, 0.25) is 0 Å². The minimum atomic E-state index is 0.0522. The van der Waals surface area contributed by atoms with Gasteiger partial charge in [-0.1, -0.05) is 6.07 Å². The molecule has 0 spiro atoms. The Bertz CT molecular complexity index is 694. The van der Waals surface area contributed by atoms with Crippen molar-refractivity contribution < 1.29 is 4.79 Å². The summed E-state index contributed by atoms with van der Waals surface area (Å²) in [5.41, 5.74) is 2.13. The summed E-state index contributed by atoms with van der Waals surface area (Å²) in [4.78, 5) is 22.1. The summed E-state index contributed by atoms with van der Waals surface area (Å²) in [7, 11) is 1.83. The molecule has 2 saturated heterocycles. The van der Waals surface area contributed by atoms with Crippen LogP contribution in [-0.2, 0) is 6.54 Å². The SMILES string of the molecule is CN1CCN(c2cnn(C3CN(Cc4cccnc4)C3)c2)C1=O. The van der Waals surface area contributed by atoms with Gasteiger partial charge in [0.25, 0.3) is 0 Å². The van der Waals surface area contributed by atoms with Crippen molar-refractivity contribution in [2.75, 3.05) is 38.1 Å². The van der Waals surface area contributed by atoms with Gasteiger partial charge in [0.05, 0.1) is 17.9 Å². The molecule has 2 aromatic heterocycles. The van der Waals surface area contributed by atoms with Gasteiger partial charge in [0.15, 0.2) is 0 Å². The van der Waals surface area contributed by atoms with Gasteiger partial charge in [0.2, 0.25) is 0 Å². The molecular weight excluding hydrogens is 292 g/mol. The molecule has 2 aromatic rings. The van der Waals surface area contributed by atoms with Gasteiger partial charge in [-0.05, 0) is 11.6 Å². The van der Waals surface area contributed by atoms with E-state index in [4.69, 9.17) is 0 Å². The Morgan fingerprint density at radius 2 is 2.13 bits per heavy atom. The summed E-state index contributed by atoms with van der Waals surface area (Å²) in [5, 5.41) is 4.45. The Hall–Kier alpha value is -2.41. The highest BCUT2D eigenvalue weighted by atomic mass is 16.2. The number of amides is 2. The molecule has 0 atom stereocenters. The summed E-state index contributed by atoms with van der Waals surface area (Å²) >= 11 is 0. The lowest BCUT2D eigenvalue weighted by molar-refractivity contribution is 0.0908. The highest BCUT2D eigenvalue weighted by Crippen LogP contribution is 2.26. The highest BCUT2D eigenvalue weighted by Gasteiger charge is 2.31. The number of likely N-dealkylation sites (N-methyl/N-ethyl adjacent to an activating group) is 1. The van der Waals surface area contributed by atoms with Gasteiger partial charge in [0.1, 0.15) is 0 Å². The quantitative estimate of drug-likeness (QED) is 0.851. The van der Waals surface area contributed by atoms with E-state index < -0.39 is 0 Å². The van der Waals surface area contributed by atoms with Gasteiger partial charge >= 0.3 is 6.03 Å². The molecule has 120 valence electrons. The molecule has 2 fully saturated rings. The van der Waals surface area contributed by atoms with Crippen LogP contribution < -0.4 is 4.90 Å². The van der Waals surface area contributed by atoms with Crippen molar-refractivity contribution in [3.05, 3.63) is 42.5 Å². The van der Waals surface area contributed by atoms with Crippen molar-refractivity contribution in [2.24, 2.45) is 0 Å². The molecule has 23 heavy (non-hydrogen) atoms. The van der Waals surface area contributed by atoms with Crippen LogP contribution in [-0.4, -0.2) is 63.8 Å². The Morgan fingerprint density at radius 1 is 1.26 bits per heavy atom. The van der Waals surface area contributed by atoms with E-state index in [1.165, 1.54) is 5.56 Å². The Kier molecular flexibility index (Phi) is 3.49. The molecule has 0 saturated carbocycles. The molecule has 4 heterocycles. The summed E-state index contributed by atoms with van der Waals surface area (Å²) < 4.78 is 1.99. The van der Waals surface area contributed by atoms with Gasteiger partial charge in [-0.2, -0.15) is 5.10 Å². The first-order valence-electron chi connectivity index (χ1n) is 7.89. The Balaban J connectivity index is 1.35. The van der Waals surface area contributed by atoms with Gasteiger partial charge in [-0.3, -0.25) is 19.5 Å². The van der Waals surface area contributed by atoms with Crippen molar-refractivity contribution in [3.63, 3.8) is 0 Å². The Labute approximate surface area is 135 Å². The zero-order chi connectivity index (χ0) is 15.8. The Morgan fingerprint density at radius 3 is 2.83 bits per heavy atom. The van der Waals surface area contributed by atoms with Crippen LogP contribution in [0.4, 0.5) is 10.5 Å². The van der Waals surface area contributed by atoms with E-state index in [9.17, 15) is 4.79 Å². The van der Waals surface area contributed by atoms with E-state index >= 15 is 0 Å². The van der Waals surface area contributed by atoms with E-state index in [1.807, 2.05) is 30.2 Å². The van der Waals surface area contributed by atoms with Gasteiger partial charge in [-0.15, -0.1) is 0 Å². The lowest BCUT2D eigenvalue weighted by Gasteiger charge is -2.39. The van der Waals surface area contributed by atoms with E-state index in [-0.39, 0.29) is 6.03 Å². The van der Waals surface area contributed by atoms with Crippen LogP contribution in [0.1, 0.15) is 11.6 Å². The maximum atomic E-state index is 12.0. The zero-order valence-electron chi connectivity index (χ0n) is 13.2. The topological polar surface area (TPSA) is 57.5 Å². The van der Waals surface area contributed by atoms with Gasteiger partial charge in [-0.25, -0.2) is 4.79 Å². The fourth-order valence-corrected chi connectivity index (χ4v) is 3.14. The molecular formula is C16H20N6O. The second-order valence-corrected chi connectivity index (χ2v) is 6.24. The molecule has 7 heteroatoms. The summed E-state index contributed by atoms with van der Waals surface area (Å²) in [5.74, 6) is 0. The van der Waals surface area contributed by atoms with E-state index in [0.717, 1.165) is 38.4 Å². The van der Waals surface area contributed by atoms with Crippen molar-refractivity contribution in [1.82, 2.24) is 24.6 Å². The molecule has 2 amide bonds. The molecule has 0 unspecified atom stereocenters. The zero-order valence-corrected chi connectivity index (χ0v) is 13.2. The standard InChI is InChI=1S/C16H20N6O/c1-19-5-6-21(16(19)23)14-8-18-22(12-14)15-10-20(11-15)9-13-3-2-4-17-7-13/h2-4,7-8,12,15H,5-6,9-11H2,1H3. The number of likely N-dealkylation sites (tertiary alicyclic amines) is 1. The predicted octanol–water partition coefficient (Wildman–Crippen LogP) is 1.21. The number of aromatic nitrogens is 3. The number of nitrogens with zero attached hydrogens (tertiary/aromatic N) is 6. The minimum absolute atomic E-state index is 0.0522. The molecule has 7 nitrogen and oxygen atoms in total. The van der Waals surface area contributed by atoms with Gasteiger partial charge in [0, 0.05) is 58.4 Å². The lowest BCUT2D eigenvalue weighted by Crippen LogP contribution is -2.47. The maximum Gasteiger partial charge on any atom is 0.324 e. The normalized spacial score (nSPS) is 19.4. The number of rotatable bonds is 4. The summed E-state index contributed by atoms with van der Waals surface area (Å²) in [6.45, 7) is 4.38. The van der Waals surface area contributed by atoms with E-state index in [1.54, 1.807) is 22.2 Å². The fourth-order valence-electron chi connectivity index (χ4n) is 3.14. The fraction of sp³-hybridized carbons (Fsp3) is 0.438. The first-order valence-corrected chi connectivity index (χ1v) is 7.89. The number of carbonyl (C=O) groups excluding carboxylic acids is 1. The van der Waals surface area contributed by atoms with Crippen LogP contribution in [0.3, 0.4) is 0 Å². The van der Waals surface area contributed by atoms with Crippen LogP contribution in [0.5, 0.6) is 0 Å². The number of carbonyl (C=O) groups is 1. The van der Waals surface area contributed by atoms with Crippen molar-refractivity contribution in [3.8, 4) is 0 Å². The second kappa shape index (κ2) is 5.66. The highest BCUT2D eigenvalue weighted by molar-refractivity contribution is 5.93. The monoisotopic (exact) mass is 312 g/mol. The molecule has 2 aliphatic heterocycles. The van der Waals surface area contributed by atoms with Crippen LogP contribution in [0, 0.1) is 0 Å². The number of hydrogen-bond donors (Lipinski definition) is 0. The van der Waals surface area contributed by atoms with E-state index in [2.05, 4.69) is 21.0 Å². The maximum absolute atomic E-state index is 12.0. The average molecular weight is 312 g/mol. The molecule has 0 aromatic carbocycles. The number of hydrogen-bond acceptors (Lipinski definition) is 4. The summed E-state index contributed by atoms with van der Waals surface area (Å²) in [6, 6.07) is 4.50. The van der Waals surface area contributed by atoms with Gasteiger partial charge < -0.3 is 4.90 Å². The average Bonchev–Trinajstić information content (AvgIpc) is 3.12. The number of anilines is 1. The predicted molar refractivity (Wildman–Crippen MR) is 86.2 cm³/mol. The number of pyridine rings is 1. The third-order valence-electron chi connectivity index (χ3n) is 4.56. The van der Waals surface area contributed by atoms with Crippen LogP contribution in [0.25, 0.3) is 0 Å². The molecule has 0 aliphatic carbocycles. The van der Waals surface area contributed by atoms with Crippen LogP contribution >= 0.6 is 0 Å². The summed E-state index contributed by atoms with van der Waals surface area (Å²) in [6.07, 6.45) is 7.49. The molecule has 0 N–H and O–H groups in total. The smallest absolute Gasteiger partial charge is 0.324 e. The first-order chi connectivity index (χ1) is 11.2. The van der Waals surface area contributed by atoms with Crippen molar-refractivity contribution in [1.29, 1.82) is 0 Å². The van der Waals surface area contributed by atoms with Crippen molar-refractivity contribution in [2.45, 2.75) is 12.6 Å². The first kappa shape index (κ1) is 14.2. The number of urea groups is 1. The largest absolute Gasteiger partial charge is 0.326 e. The van der Waals surface area contributed by atoms with Crippen LogP contribution in [0.15, 0.2) is 36.9 Å². The lowest BCUT2D eigenvalue weighted by atomic mass is 10.1. The minimum Gasteiger partial charge on any atom is -0.326 e. The molecule has 4 rings (SSSR count). The molecule has 0 radical (unpaired) electrons. The third-order valence-corrected chi connectivity index (χ3v) is 4.56. The molecule has 2 aliphatic rings.